The summed E-state index contributed by atoms with van der Waals surface area (Å²) in [5, 5.41) is 0.619. The highest BCUT2D eigenvalue weighted by Gasteiger charge is 2.22. The van der Waals surface area contributed by atoms with E-state index < -0.39 is 0 Å². The first kappa shape index (κ1) is 19.3. The molecular weight excluding hydrogens is 391 g/mol. The van der Waals surface area contributed by atoms with E-state index in [1.54, 1.807) is 18.2 Å². The van der Waals surface area contributed by atoms with Crippen LogP contribution in [0.1, 0.15) is 5.56 Å². The van der Waals surface area contributed by atoms with Crippen LogP contribution in [0.15, 0.2) is 60.9 Å². The van der Waals surface area contributed by atoms with Crippen LogP contribution in [-0.2, 0) is 11.2 Å². The van der Waals surface area contributed by atoms with Crippen molar-refractivity contribution in [3.05, 3.63) is 77.3 Å². The highest BCUT2D eigenvalue weighted by atomic mass is 35.5. The standard InChI is InChI=1S/C22H20ClFN4O/c23-19-4-2-1-3-17(19)13-22(29)28-11-9-27(10-12-28)21-14-20(25-15-26-21)16-5-7-18(24)8-6-16/h1-8,14-15H,9-13H2. The third-order valence-corrected chi connectivity index (χ3v) is 5.42. The Hall–Kier alpha value is -2.99. The van der Waals surface area contributed by atoms with Crippen LogP contribution in [-0.4, -0.2) is 47.0 Å². The molecule has 0 aliphatic carbocycles. The number of amides is 1. The average Bonchev–Trinajstić information content (AvgIpc) is 2.76. The van der Waals surface area contributed by atoms with Gasteiger partial charge in [0.15, 0.2) is 0 Å². The number of carbonyl (C=O) groups excluding carboxylic acids is 1. The van der Waals surface area contributed by atoms with E-state index in [9.17, 15) is 9.18 Å². The van der Waals surface area contributed by atoms with Crippen molar-refractivity contribution in [2.24, 2.45) is 0 Å². The Kier molecular flexibility index (Phi) is 5.71. The maximum absolute atomic E-state index is 13.2. The minimum atomic E-state index is -0.277. The predicted octanol–water partition coefficient (Wildman–Crippen LogP) is 3.83. The van der Waals surface area contributed by atoms with Crippen LogP contribution >= 0.6 is 11.6 Å². The molecule has 7 heteroatoms. The van der Waals surface area contributed by atoms with Crippen LogP contribution in [0.2, 0.25) is 5.02 Å². The molecule has 2 heterocycles. The molecule has 3 aromatic rings. The van der Waals surface area contributed by atoms with E-state index in [0.29, 0.717) is 37.6 Å². The van der Waals surface area contributed by atoms with E-state index in [0.717, 1.165) is 22.6 Å². The first-order valence-electron chi connectivity index (χ1n) is 9.44. The van der Waals surface area contributed by atoms with Crippen LogP contribution in [0.4, 0.5) is 10.2 Å². The quantitative estimate of drug-likeness (QED) is 0.656. The van der Waals surface area contributed by atoms with Gasteiger partial charge in [0.25, 0.3) is 0 Å². The van der Waals surface area contributed by atoms with Gasteiger partial charge in [-0.1, -0.05) is 29.8 Å². The van der Waals surface area contributed by atoms with E-state index in [1.165, 1.54) is 18.5 Å². The lowest BCUT2D eigenvalue weighted by Crippen LogP contribution is -2.49. The number of rotatable bonds is 4. The van der Waals surface area contributed by atoms with E-state index in [4.69, 9.17) is 11.6 Å². The SMILES string of the molecule is O=C(Cc1ccccc1Cl)N1CCN(c2cc(-c3ccc(F)cc3)ncn2)CC1. The minimum absolute atomic E-state index is 0.0763. The Morgan fingerprint density at radius 2 is 1.72 bits per heavy atom. The minimum Gasteiger partial charge on any atom is -0.353 e. The average molecular weight is 411 g/mol. The number of hydrogen-bond acceptors (Lipinski definition) is 4. The molecule has 0 spiro atoms. The summed E-state index contributed by atoms with van der Waals surface area (Å²) in [7, 11) is 0. The van der Waals surface area contributed by atoms with Gasteiger partial charge >= 0.3 is 0 Å². The molecule has 0 atom stereocenters. The third kappa shape index (κ3) is 4.54. The Balaban J connectivity index is 1.39. The van der Waals surface area contributed by atoms with Crippen molar-refractivity contribution >= 4 is 23.3 Å². The monoisotopic (exact) mass is 410 g/mol. The summed E-state index contributed by atoms with van der Waals surface area (Å²) in [5.41, 5.74) is 2.43. The molecule has 0 saturated carbocycles. The van der Waals surface area contributed by atoms with Crippen molar-refractivity contribution in [1.29, 1.82) is 0 Å². The second kappa shape index (κ2) is 8.57. The van der Waals surface area contributed by atoms with Gasteiger partial charge in [-0.2, -0.15) is 0 Å². The Morgan fingerprint density at radius 3 is 2.45 bits per heavy atom. The molecule has 1 aliphatic rings. The molecule has 1 fully saturated rings. The second-order valence-corrected chi connectivity index (χ2v) is 7.31. The topological polar surface area (TPSA) is 49.3 Å². The number of hydrogen-bond donors (Lipinski definition) is 0. The van der Waals surface area contributed by atoms with Crippen molar-refractivity contribution < 1.29 is 9.18 Å². The normalized spacial score (nSPS) is 14.1. The van der Waals surface area contributed by atoms with Crippen molar-refractivity contribution in [3.8, 4) is 11.3 Å². The van der Waals surface area contributed by atoms with Crippen molar-refractivity contribution in [3.63, 3.8) is 0 Å². The summed E-state index contributed by atoms with van der Waals surface area (Å²) in [4.78, 5) is 25.3. The van der Waals surface area contributed by atoms with Gasteiger partial charge in [-0.15, -0.1) is 0 Å². The number of carbonyl (C=O) groups is 1. The van der Waals surface area contributed by atoms with Crippen LogP contribution < -0.4 is 4.90 Å². The smallest absolute Gasteiger partial charge is 0.227 e. The molecule has 29 heavy (non-hydrogen) atoms. The number of anilines is 1. The molecule has 0 unspecified atom stereocenters. The van der Waals surface area contributed by atoms with Crippen molar-refractivity contribution in [2.45, 2.75) is 6.42 Å². The maximum Gasteiger partial charge on any atom is 0.227 e. The van der Waals surface area contributed by atoms with Gasteiger partial charge in [0.2, 0.25) is 5.91 Å². The summed E-state index contributed by atoms with van der Waals surface area (Å²) in [6.07, 6.45) is 1.82. The van der Waals surface area contributed by atoms with Gasteiger partial charge in [-0.25, -0.2) is 14.4 Å². The number of piperazine rings is 1. The first-order valence-corrected chi connectivity index (χ1v) is 9.82. The number of nitrogens with zero attached hydrogens (tertiary/aromatic N) is 4. The molecule has 0 N–H and O–H groups in total. The van der Waals surface area contributed by atoms with E-state index in [2.05, 4.69) is 14.9 Å². The summed E-state index contributed by atoms with van der Waals surface area (Å²) >= 11 is 6.17. The van der Waals surface area contributed by atoms with Crippen LogP contribution in [0, 0.1) is 5.82 Å². The molecule has 1 aromatic heterocycles. The molecule has 4 rings (SSSR count). The Bertz CT molecular complexity index is 1000. The molecule has 148 valence electrons. The Labute approximate surface area is 173 Å². The fourth-order valence-corrected chi connectivity index (χ4v) is 3.60. The molecule has 2 aromatic carbocycles. The zero-order chi connectivity index (χ0) is 20.2. The van der Waals surface area contributed by atoms with Crippen LogP contribution in [0.25, 0.3) is 11.3 Å². The summed E-state index contributed by atoms with van der Waals surface area (Å²) in [6.45, 7) is 2.63. The van der Waals surface area contributed by atoms with Crippen LogP contribution in [0.3, 0.4) is 0 Å². The molecule has 1 amide bonds. The lowest BCUT2D eigenvalue weighted by molar-refractivity contribution is -0.130. The predicted molar refractivity (Wildman–Crippen MR) is 111 cm³/mol. The molecule has 1 aliphatic heterocycles. The van der Waals surface area contributed by atoms with Crippen LogP contribution in [0.5, 0.6) is 0 Å². The zero-order valence-electron chi connectivity index (χ0n) is 15.8. The summed E-state index contributed by atoms with van der Waals surface area (Å²) < 4.78 is 13.2. The first-order chi connectivity index (χ1) is 14.1. The van der Waals surface area contributed by atoms with Gasteiger partial charge in [0.05, 0.1) is 12.1 Å². The Morgan fingerprint density at radius 1 is 1.00 bits per heavy atom. The fourth-order valence-electron chi connectivity index (χ4n) is 3.40. The third-order valence-electron chi connectivity index (χ3n) is 5.05. The highest BCUT2D eigenvalue weighted by Crippen LogP contribution is 2.22. The van der Waals surface area contributed by atoms with Gasteiger partial charge in [-0.3, -0.25) is 4.79 Å². The van der Waals surface area contributed by atoms with Gasteiger partial charge in [-0.05, 0) is 35.9 Å². The van der Waals surface area contributed by atoms with Gasteiger partial charge < -0.3 is 9.80 Å². The fraction of sp³-hybridized carbons (Fsp3) is 0.227. The maximum atomic E-state index is 13.2. The lowest BCUT2D eigenvalue weighted by atomic mass is 10.1. The largest absolute Gasteiger partial charge is 0.353 e. The lowest BCUT2D eigenvalue weighted by Gasteiger charge is -2.35. The van der Waals surface area contributed by atoms with Gasteiger partial charge in [0, 0.05) is 42.8 Å². The van der Waals surface area contributed by atoms with E-state index in [1.807, 2.05) is 29.2 Å². The van der Waals surface area contributed by atoms with Crippen molar-refractivity contribution in [2.75, 3.05) is 31.1 Å². The molecule has 1 saturated heterocycles. The number of aromatic nitrogens is 2. The number of halogens is 2. The second-order valence-electron chi connectivity index (χ2n) is 6.90. The highest BCUT2D eigenvalue weighted by molar-refractivity contribution is 6.31. The van der Waals surface area contributed by atoms with E-state index in [-0.39, 0.29) is 11.7 Å². The summed E-state index contributed by atoms with van der Waals surface area (Å²) in [6, 6.07) is 15.6. The molecule has 0 bridgehead atoms. The van der Waals surface area contributed by atoms with Crippen molar-refractivity contribution in [1.82, 2.24) is 14.9 Å². The molecular formula is C22H20ClFN4O. The van der Waals surface area contributed by atoms with E-state index >= 15 is 0 Å². The number of benzene rings is 2. The molecule has 0 radical (unpaired) electrons. The molecule has 5 nitrogen and oxygen atoms in total. The summed E-state index contributed by atoms with van der Waals surface area (Å²) in [5.74, 6) is 0.602. The zero-order valence-corrected chi connectivity index (χ0v) is 16.5. The van der Waals surface area contributed by atoms with Gasteiger partial charge in [0.1, 0.15) is 18.0 Å².